The Kier molecular flexibility index (Phi) is 16.7. The van der Waals surface area contributed by atoms with E-state index in [0.29, 0.717) is 43.7 Å². The lowest BCUT2D eigenvalue weighted by molar-refractivity contribution is -0.142. The van der Waals surface area contributed by atoms with Gasteiger partial charge in [0, 0.05) is 6.42 Å². The Labute approximate surface area is 227 Å². The summed E-state index contributed by atoms with van der Waals surface area (Å²) < 4.78 is 0. The second-order valence-corrected chi connectivity index (χ2v) is 10.6. The molecule has 0 saturated heterocycles. The van der Waals surface area contributed by atoms with Crippen LogP contribution in [0.15, 0.2) is 30.3 Å². The topological polar surface area (TPSA) is 177 Å². The fraction of sp³-hybridized carbons (Fsp3) is 0.600. The number of carbonyl (C=O) groups excluding carboxylic acids is 3. The Morgan fingerprint density at radius 3 is 1.97 bits per heavy atom. The summed E-state index contributed by atoms with van der Waals surface area (Å²) in [7, 11) is 0. The highest BCUT2D eigenvalue weighted by atomic mass is 32.2. The SMILES string of the molecule is CSCCC(N)C(=O)NC(Cc1ccccc1)C(=O)NC(CCSC)C(=O)NC(CCCCN)C(=O)O. The van der Waals surface area contributed by atoms with Gasteiger partial charge in [-0.25, -0.2) is 4.79 Å². The summed E-state index contributed by atoms with van der Waals surface area (Å²) >= 11 is 3.07. The van der Waals surface area contributed by atoms with Crippen LogP contribution in [-0.2, 0) is 25.6 Å². The summed E-state index contributed by atoms with van der Waals surface area (Å²) in [5.41, 5.74) is 12.3. The van der Waals surface area contributed by atoms with Gasteiger partial charge in [0.15, 0.2) is 0 Å². The molecule has 0 aromatic heterocycles. The molecule has 0 bridgehead atoms. The molecule has 3 amide bonds. The molecule has 0 aliphatic heterocycles. The highest BCUT2D eigenvalue weighted by Crippen LogP contribution is 2.08. The Bertz CT molecular complexity index is 846. The van der Waals surface area contributed by atoms with Gasteiger partial charge in [0.2, 0.25) is 17.7 Å². The number of nitrogens with one attached hydrogen (secondary N) is 3. The molecule has 0 radical (unpaired) electrons. The standard InChI is InChI=1S/C25H41N5O5S2/c1-36-14-11-18(27)22(31)30-21(16-17-8-4-3-5-9-17)24(33)28-19(12-15-37-2)23(32)29-20(25(34)35)10-6-7-13-26/h3-5,8-9,18-21H,6-7,10-16,26-27H2,1-2H3,(H,28,33)(H,29,32)(H,30,31)(H,34,35). The van der Waals surface area contributed by atoms with E-state index in [4.69, 9.17) is 11.5 Å². The summed E-state index contributed by atoms with van der Waals surface area (Å²) in [6.07, 6.45) is 6.20. The molecular formula is C25H41N5O5S2. The van der Waals surface area contributed by atoms with Gasteiger partial charge in [0.05, 0.1) is 6.04 Å². The number of amides is 3. The first kappa shape index (κ1) is 32.7. The van der Waals surface area contributed by atoms with Crippen molar-refractivity contribution in [2.24, 2.45) is 11.5 Å². The normalized spacial score (nSPS) is 14.2. The molecule has 0 heterocycles. The molecule has 208 valence electrons. The third-order valence-corrected chi connectivity index (χ3v) is 6.98. The quantitative estimate of drug-likeness (QED) is 0.134. The van der Waals surface area contributed by atoms with Crippen molar-refractivity contribution in [3.63, 3.8) is 0 Å². The highest BCUT2D eigenvalue weighted by Gasteiger charge is 2.30. The lowest BCUT2D eigenvalue weighted by atomic mass is 10.0. The molecule has 10 nitrogen and oxygen atoms in total. The molecule has 4 atom stereocenters. The lowest BCUT2D eigenvalue weighted by Crippen LogP contribution is -2.57. The number of hydrogen-bond acceptors (Lipinski definition) is 8. The summed E-state index contributed by atoms with van der Waals surface area (Å²) in [6.45, 7) is 0.433. The predicted molar refractivity (Wildman–Crippen MR) is 150 cm³/mol. The van der Waals surface area contributed by atoms with Gasteiger partial charge in [0.25, 0.3) is 0 Å². The second kappa shape index (κ2) is 18.9. The zero-order valence-electron chi connectivity index (χ0n) is 21.6. The van der Waals surface area contributed by atoms with Gasteiger partial charge >= 0.3 is 5.97 Å². The molecule has 1 rings (SSSR count). The molecule has 0 spiro atoms. The molecule has 0 aliphatic carbocycles. The summed E-state index contributed by atoms with van der Waals surface area (Å²) in [4.78, 5) is 50.7. The zero-order chi connectivity index (χ0) is 27.6. The predicted octanol–water partition coefficient (Wildman–Crippen LogP) is 0.731. The highest BCUT2D eigenvalue weighted by molar-refractivity contribution is 7.98. The van der Waals surface area contributed by atoms with E-state index in [0.717, 1.165) is 5.56 Å². The van der Waals surface area contributed by atoms with Crippen LogP contribution in [0.1, 0.15) is 37.7 Å². The number of carboxylic acids is 1. The first-order valence-electron chi connectivity index (χ1n) is 12.3. The molecule has 12 heteroatoms. The van der Waals surface area contributed by atoms with Crippen molar-refractivity contribution >= 4 is 47.2 Å². The molecule has 4 unspecified atom stereocenters. The molecule has 0 aliphatic rings. The van der Waals surface area contributed by atoms with Crippen molar-refractivity contribution in [1.29, 1.82) is 0 Å². The molecular weight excluding hydrogens is 514 g/mol. The first-order valence-corrected chi connectivity index (χ1v) is 15.1. The monoisotopic (exact) mass is 555 g/mol. The zero-order valence-corrected chi connectivity index (χ0v) is 23.2. The van der Waals surface area contributed by atoms with Crippen molar-refractivity contribution in [2.45, 2.75) is 62.7 Å². The van der Waals surface area contributed by atoms with Crippen LogP contribution in [0, 0.1) is 0 Å². The summed E-state index contributed by atoms with van der Waals surface area (Å²) in [6, 6.07) is 5.44. The van der Waals surface area contributed by atoms with Gasteiger partial charge in [-0.15, -0.1) is 0 Å². The van der Waals surface area contributed by atoms with E-state index in [1.807, 2.05) is 42.8 Å². The third kappa shape index (κ3) is 13.2. The van der Waals surface area contributed by atoms with Crippen LogP contribution in [0.4, 0.5) is 0 Å². The van der Waals surface area contributed by atoms with Crippen LogP contribution < -0.4 is 27.4 Å². The molecule has 1 aromatic carbocycles. The average Bonchev–Trinajstić information content (AvgIpc) is 2.88. The smallest absolute Gasteiger partial charge is 0.326 e. The van der Waals surface area contributed by atoms with E-state index < -0.39 is 47.9 Å². The summed E-state index contributed by atoms with van der Waals surface area (Å²) in [5, 5.41) is 17.5. The van der Waals surface area contributed by atoms with E-state index in [1.165, 1.54) is 11.8 Å². The van der Waals surface area contributed by atoms with Crippen LogP contribution >= 0.6 is 23.5 Å². The van der Waals surface area contributed by atoms with Crippen LogP contribution in [0.3, 0.4) is 0 Å². The minimum Gasteiger partial charge on any atom is -0.480 e. The second-order valence-electron chi connectivity index (χ2n) is 8.67. The number of hydrogen-bond donors (Lipinski definition) is 6. The van der Waals surface area contributed by atoms with Gasteiger partial charge in [-0.2, -0.15) is 23.5 Å². The van der Waals surface area contributed by atoms with E-state index in [-0.39, 0.29) is 12.8 Å². The van der Waals surface area contributed by atoms with Gasteiger partial charge in [0.1, 0.15) is 18.1 Å². The van der Waals surface area contributed by atoms with Crippen LogP contribution in [-0.4, -0.2) is 83.5 Å². The first-order chi connectivity index (χ1) is 17.7. The van der Waals surface area contributed by atoms with Crippen LogP contribution in [0.25, 0.3) is 0 Å². The maximum absolute atomic E-state index is 13.3. The number of thioether (sulfide) groups is 2. The minimum absolute atomic E-state index is 0.210. The minimum atomic E-state index is -1.14. The number of carboxylic acid groups (broad SMARTS) is 1. The van der Waals surface area contributed by atoms with Gasteiger partial charge < -0.3 is 32.5 Å². The number of nitrogens with two attached hydrogens (primary N) is 2. The van der Waals surface area contributed by atoms with E-state index >= 15 is 0 Å². The Hall–Kier alpha value is -2.28. The van der Waals surface area contributed by atoms with Gasteiger partial charge in [-0.3, -0.25) is 14.4 Å². The van der Waals surface area contributed by atoms with Crippen LogP contribution in [0.2, 0.25) is 0 Å². The van der Waals surface area contributed by atoms with Crippen molar-refractivity contribution in [1.82, 2.24) is 16.0 Å². The van der Waals surface area contributed by atoms with E-state index in [2.05, 4.69) is 16.0 Å². The third-order valence-electron chi connectivity index (χ3n) is 5.69. The molecule has 8 N–H and O–H groups in total. The molecule has 37 heavy (non-hydrogen) atoms. The van der Waals surface area contributed by atoms with Crippen molar-refractivity contribution < 1.29 is 24.3 Å². The number of aliphatic carboxylic acids is 1. The molecule has 0 fully saturated rings. The van der Waals surface area contributed by atoms with Crippen molar-refractivity contribution in [2.75, 3.05) is 30.6 Å². The van der Waals surface area contributed by atoms with Crippen molar-refractivity contribution in [3.05, 3.63) is 35.9 Å². The Balaban J connectivity index is 3.02. The Morgan fingerprint density at radius 2 is 1.38 bits per heavy atom. The lowest BCUT2D eigenvalue weighted by Gasteiger charge is -2.25. The van der Waals surface area contributed by atoms with Gasteiger partial charge in [-0.1, -0.05) is 30.3 Å². The van der Waals surface area contributed by atoms with Crippen LogP contribution in [0.5, 0.6) is 0 Å². The number of benzene rings is 1. The maximum atomic E-state index is 13.3. The largest absolute Gasteiger partial charge is 0.480 e. The van der Waals surface area contributed by atoms with Gasteiger partial charge in [-0.05, 0) is 68.2 Å². The fourth-order valence-corrected chi connectivity index (χ4v) is 4.47. The van der Waals surface area contributed by atoms with E-state index in [9.17, 15) is 24.3 Å². The maximum Gasteiger partial charge on any atom is 0.326 e. The number of unbranched alkanes of at least 4 members (excludes halogenated alkanes) is 1. The number of rotatable bonds is 19. The average molecular weight is 556 g/mol. The fourth-order valence-electron chi connectivity index (χ4n) is 3.51. The van der Waals surface area contributed by atoms with Crippen molar-refractivity contribution in [3.8, 4) is 0 Å². The number of carbonyl (C=O) groups is 4. The molecule has 0 saturated carbocycles. The Morgan fingerprint density at radius 1 is 0.811 bits per heavy atom. The summed E-state index contributed by atoms with van der Waals surface area (Å²) in [5.74, 6) is -1.43. The van der Waals surface area contributed by atoms with E-state index in [1.54, 1.807) is 11.8 Å². The molecule has 1 aromatic rings.